The lowest BCUT2D eigenvalue weighted by Gasteiger charge is -2.43. The molecule has 2 aliphatic rings. The summed E-state index contributed by atoms with van der Waals surface area (Å²) in [6.07, 6.45) is 5.43. The van der Waals surface area contributed by atoms with E-state index in [1.54, 1.807) is 0 Å². The van der Waals surface area contributed by atoms with Gasteiger partial charge >= 0.3 is 0 Å². The number of hydrogen-bond donors (Lipinski definition) is 2. The number of nitrogens with zero attached hydrogens (tertiary/aromatic N) is 1. The highest BCUT2D eigenvalue weighted by Crippen LogP contribution is 2.35. The van der Waals surface area contributed by atoms with Gasteiger partial charge in [-0.15, -0.1) is 0 Å². The van der Waals surface area contributed by atoms with Crippen molar-refractivity contribution in [2.24, 2.45) is 11.3 Å². The highest BCUT2D eigenvalue weighted by Gasteiger charge is 2.41. The van der Waals surface area contributed by atoms with Crippen LogP contribution in [0.1, 0.15) is 46.0 Å². The molecule has 19 heavy (non-hydrogen) atoms. The van der Waals surface area contributed by atoms with Crippen molar-refractivity contribution in [3.63, 3.8) is 0 Å². The number of aliphatic hydroxyl groups is 1. The number of aliphatic hydroxyl groups excluding tert-OH is 1. The Kier molecular flexibility index (Phi) is 4.85. The van der Waals surface area contributed by atoms with Crippen LogP contribution >= 0.6 is 0 Å². The third-order valence-corrected chi connectivity index (χ3v) is 4.97. The molecule has 0 radical (unpaired) electrons. The van der Waals surface area contributed by atoms with Crippen molar-refractivity contribution in [2.45, 2.75) is 52.0 Å². The molecule has 4 nitrogen and oxygen atoms in total. The molecule has 0 aromatic carbocycles. The summed E-state index contributed by atoms with van der Waals surface area (Å²) in [5.41, 5.74) is -0.321. The predicted molar refractivity (Wildman–Crippen MR) is 75.8 cm³/mol. The van der Waals surface area contributed by atoms with Crippen LogP contribution in [0, 0.1) is 11.3 Å². The molecule has 4 heteroatoms. The summed E-state index contributed by atoms with van der Waals surface area (Å²) in [4.78, 5) is 14.8. The first-order chi connectivity index (χ1) is 9.07. The zero-order valence-corrected chi connectivity index (χ0v) is 12.3. The minimum absolute atomic E-state index is 0.0390. The molecule has 1 amide bonds. The molecule has 0 saturated carbocycles. The van der Waals surface area contributed by atoms with Crippen LogP contribution in [0.4, 0.5) is 0 Å². The zero-order valence-electron chi connectivity index (χ0n) is 12.3. The molecule has 0 aromatic heterocycles. The van der Waals surface area contributed by atoms with Crippen molar-refractivity contribution >= 4 is 5.91 Å². The lowest BCUT2D eigenvalue weighted by atomic mass is 9.73. The van der Waals surface area contributed by atoms with Crippen molar-refractivity contribution in [3.05, 3.63) is 0 Å². The Bertz CT molecular complexity index is 311. The summed E-state index contributed by atoms with van der Waals surface area (Å²) in [6.45, 7) is 7.09. The monoisotopic (exact) mass is 268 g/mol. The fourth-order valence-corrected chi connectivity index (χ4v) is 3.47. The van der Waals surface area contributed by atoms with Crippen molar-refractivity contribution in [3.8, 4) is 0 Å². The van der Waals surface area contributed by atoms with Crippen molar-refractivity contribution in [1.82, 2.24) is 10.2 Å². The van der Waals surface area contributed by atoms with E-state index in [1.165, 1.54) is 0 Å². The lowest BCUT2D eigenvalue weighted by molar-refractivity contribution is -0.148. The number of carbonyl (C=O) groups is 1. The van der Waals surface area contributed by atoms with E-state index in [0.29, 0.717) is 5.92 Å². The lowest BCUT2D eigenvalue weighted by Crippen LogP contribution is -2.54. The third kappa shape index (κ3) is 3.11. The minimum Gasteiger partial charge on any atom is -0.394 e. The molecule has 2 aliphatic heterocycles. The van der Waals surface area contributed by atoms with Crippen molar-refractivity contribution < 1.29 is 9.90 Å². The number of carbonyl (C=O) groups excluding carboxylic acids is 1. The molecule has 0 aromatic rings. The van der Waals surface area contributed by atoms with Crippen LogP contribution < -0.4 is 5.32 Å². The SMILES string of the molecule is CC(C)(C(=O)N1CCCCC1CO)C1CCCNC1. The van der Waals surface area contributed by atoms with Crippen LogP contribution in [0.2, 0.25) is 0 Å². The summed E-state index contributed by atoms with van der Waals surface area (Å²) in [6, 6.07) is 0.0390. The maximum absolute atomic E-state index is 12.9. The third-order valence-electron chi connectivity index (χ3n) is 4.97. The Morgan fingerprint density at radius 2 is 2.11 bits per heavy atom. The minimum atomic E-state index is -0.321. The first kappa shape index (κ1) is 14.8. The zero-order chi connectivity index (χ0) is 13.9. The summed E-state index contributed by atoms with van der Waals surface area (Å²) in [5.74, 6) is 0.648. The van der Waals surface area contributed by atoms with E-state index < -0.39 is 0 Å². The Labute approximate surface area is 116 Å². The molecule has 2 unspecified atom stereocenters. The first-order valence-corrected chi connectivity index (χ1v) is 7.70. The smallest absolute Gasteiger partial charge is 0.228 e. The molecule has 2 saturated heterocycles. The molecular formula is C15H28N2O2. The average Bonchev–Trinajstić information content (AvgIpc) is 2.47. The Hall–Kier alpha value is -0.610. The normalized spacial score (nSPS) is 29.3. The topological polar surface area (TPSA) is 52.6 Å². The molecule has 2 fully saturated rings. The second kappa shape index (κ2) is 6.23. The fourth-order valence-electron chi connectivity index (χ4n) is 3.47. The van der Waals surface area contributed by atoms with Crippen LogP contribution in [0.5, 0.6) is 0 Å². The molecule has 0 bridgehead atoms. The Balaban J connectivity index is 2.07. The molecule has 2 atom stereocenters. The predicted octanol–water partition coefficient (Wildman–Crippen LogP) is 1.39. The summed E-state index contributed by atoms with van der Waals surface area (Å²) in [7, 11) is 0. The second-order valence-corrected chi connectivity index (χ2v) is 6.60. The van der Waals surface area contributed by atoms with Crippen LogP contribution in [-0.4, -0.2) is 48.2 Å². The number of amides is 1. The van der Waals surface area contributed by atoms with Gasteiger partial charge in [0.15, 0.2) is 0 Å². The van der Waals surface area contributed by atoms with Crippen LogP contribution in [0.3, 0.4) is 0 Å². The van der Waals surface area contributed by atoms with Gasteiger partial charge < -0.3 is 15.3 Å². The number of nitrogens with one attached hydrogen (secondary N) is 1. The van der Waals surface area contributed by atoms with Gasteiger partial charge in [0, 0.05) is 12.0 Å². The number of likely N-dealkylation sites (tertiary alicyclic amines) is 1. The second-order valence-electron chi connectivity index (χ2n) is 6.60. The van der Waals surface area contributed by atoms with Gasteiger partial charge in [-0.1, -0.05) is 13.8 Å². The van der Waals surface area contributed by atoms with E-state index >= 15 is 0 Å². The molecule has 0 aliphatic carbocycles. The van der Waals surface area contributed by atoms with E-state index in [1.807, 2.05) is 4.90 Å². The Morgan fingerprint density at radius 1 is 1.32 bits per heavy atom. The molecule has 0 spiro atoms. The van der Waals surface area contributed by atoms with E-state index in [9.17, 15) is 9.90 Å². The quantitative estimate of drug-likeness (QED) is 0.813. The van der Waals surface area contributed by atoms with Crippen molar-refractivity contribution in [1.29, 1.82) is 0 Å². The summed E-state index contributed by atoms with van der Waals surface area (Å²) in [5, 5.41) is 12.9. The van der Waals surface area contributed by atoms with E-state index in [-0.39, 0.29) is 24.0 Å². The first-order valence-electron chi connectivity index (χ1n) is 7.70. The van der Waals surface area contributed by atoms with Gasteiger partial charge in [0.25, 0.3) is 0 Å². The standard InChI is InChI=1S/C15H28N2O2/c1-15(2,12-6-5-8-16-10-12)14(19)17-9-4-3-7-13(17)11-18/h12-13,16,18H,3-11H2,1-2H3. The fraction of sp³-hybridized carbons (Fsp3) is 0.933. The van der Waals surface area contributed by atoms with Crippen LogP contribution in [0.15, 0.2) is 0 Å². The largest absolute Gasteiger partial charge is 0.394 e. The van der Waals surface area contributed by atoms with E-state index in [4.69, 9.17) is 0 Å². The van der Waals surface area contributed by atoms with Gasteiger partial charge in [0.05, 0.1) is 12.6 Å². The number of piperidine rings is 2. The average molecular weight is 268 g/mol. The van der Waals surface area contributed by atoms with Gasteiger partial charge in [-0.3, -0.25) is 4.79 Å². The van der Waals surface area contributed by atoms with Gasteiger partial charge in [0.2, 0.25) is 5.91 Å². The van der Waals surface area contributed by atoms with Gasteiger partial charge in [-0.2, -0.15) is 0 Å². The summed E-state index contributed by atoms with van der Waals surface area (Å²) < 4.78 is 0. The van der Waals surface area contributed by atoms with Crippen LogP contribution in [0.25, 0.3) is 0 Å². The van der Waals surface area contributed by atoms with E-state index in [2.05, 4.69) is 19.2 Å². The van der Waals surface area contributed by atoms with Crippen molar-refractivity contribution in [2.75, 3.05) is 26.2 Å². The van der Waals surface area contributed by atoms with Gasteiger partial charge in [-0.05, 0) is 51.1 Å². The van der Waals surface area contributed by atoms with Gasteiger partial charge in [-0.25, -0.2) is 0 Å². The van der Waals surface area contributed by atoms with Crippen LogP contribution in [-0.2, 0) is 4.79 Å². The number of rotatable bonds is 3. The maximum Gasteiger partial charge on any atom is 0.228 e. The molecule has 2 N–H and O–H groups in total. The van der Waals surface area contributed by atoms with E-state index in [0.717, 1.165) is 51.7 Å². The molecule has 2 rings (SSSR count). The Morgan fingerprint density at radius 3 is 2.74 bits per heavy atom. The van der Waals surface area contributed by atoms with Gasteiger partial charge in [0.1, 0.15) is 0 Å². The maximum atomic E-state index is 12.9. The molecular weight excluding hydrogens is 240 g/mol. The highest BCUT2D eigenvalue weighted by atomic mass is 16.3. The molecule has 2 heterocycles. The highest BCUT2D eigenvalue weighted by molar-refractivity contribution is 5.82. The summed E-state index contributed by atoms with van der Waals surface area (Å²) >= 11 is 0. The molecule has 110 valence electrons. The number of hydrogen-bond acceptors (Lipinski definition) is 3.